The zero-order valence-electron chi connectivity index (χ0n) is 22.4. The maximum absolute atomic E-state index is 13.5. The molecule has 204 valence electrons. The van der Waals surface area contributed by atoms with Gasteiger partial charge in [-0.3, -0.25) is 9.10 Å². The number of piperazine rings is 1. The number of sulfonamides is 1. The first-order valence-electron chi connectivity index (χ1n) is 12.6. The molecule has 3 aromatic carbocycles. The monoisotopic (exact) mass is 565 g/mol. The van der Waals surface area contributed by atoms with Crippen LogP contribution in [0, 0.1) is 6.92 Å². The van der Waals surface area contributed by atoms with E-state index in [4.69, 9.17) is 9.47 Å². The summed E-state index contributed by atoms with van der Waals surface area (Å²) in [5, 5.41) is 0.826. The topological polar surface area (TPSA) is 79.4 Å². The molecule has 2 heterocycles. The number of fused-ring (bicyclic) bond motifs is 1. The Morgan fingerprint density at radius 1 is 0.897 bits per heavy atom. The fourth-order valence-corrected chi connectivity index (χ4v) is 7.24. The van der Waals surface area contributed by atoms with Gasteiger partial charge in [-0.1, -0.05) is 18.2 Å². The van der Waals surface area contributed by atoms with Crippen LogP contribution in [0.4, 0.5) is 11.4 Å². The number of anilines is 2. The number of hydrogen-bond acceptors (Lipinski definition) is 7. The SMILES string of the molecule is COc1ccccc1N1CCN(C(=O)c2cc3cc(N(C)S(=O)(=O)c4cc(C)ccc4OC)ccc3s2)CC1. The molecule has 1 aliphatic rings. The number of carbonyl (C=O) groups is 1. The van der Waals surface area contributed by atoms with Crippen molar-refractivity contribution in [1.82, 2.24) is 4.90 Å². The van der Waals surface area contributed by atoms with Crippen LogP contribution in [0.2, 0.25) is 0 Å². The number of thiophene rings is 1. The summed E-state index contributed by atoms with van der Waals surface area (Å²) in [5.41, 5.74) is 2.36. The summed E-state index contributed by atoms with van der Waals surface area (Å²) >= 11 is 1.42. The number of benzene rings is 3. The molecule has 0 N–H and O–H groups in total. The minimum absolute atomic E-state index is 0.0112. The summed E-state index contributed by atoms with van der Waals surface area (Å²) in [5.74, 6) is 1.11. The number of hydrogen-bond donors (Lipinski definition) is 0. The standard InChI is InChI=1S/C29H31N3O5S2/c1-20-9-11-25(37-4)28(17-20)39(34,35)30(2)22-10-12-26-21(18-22)19-27(38-26)29(33)32-15-13-31(14-16-32)23-7-5-6-8-24(23)36-3/h5-12,17-19H,13-16H2,1-4H3. The molecule has 0 radical (unpaired) electrons. The Bertz CT molecular complexity index is 1630. The molecule has 10 heteroatoms. The van der Waals surface area contributed by atoms with Gasteiger partial charge in [0.1, 0.15) is 16.4 Å². The van der Waals surface area contributed by atoms with Gasteiger partial charge in [-0.15, -0.1) is 11.3 Å². The Morgan fingerprint density at radius 3 is 2.33 bits per heavy atom. The lowest BCUT2D eigenvalue weighted by molar-refractivity contribution is 0.0751. The largest absolute Gasteiger partial charge is 0.495 e. The van der Waals surface area contributed by atoms with Crippen LogP contribution in [0.15, 0.2) is 71.6 Å². The highest BCUT2D eigenvalue weighted by atomic mass is 32.2. The average molecular weight is 566 g/mol. The van der Waals surface area contributed by atoms with Gasteiger partial charge in [0.2, 0.25) is 0 Å². The minimum atomic E-state index is -3.86. The number of methoxy groups -OCH3 is 2. The van der Waals surface area contributed by atoms with Crippen LogP contribution in [-0.2, 0) is 10.0 Å². The average Bonchev–Trinajstić information content (AvgIpc) is 3.40. The molecule has 5 rings (SSSR count). The molecule has 0 spiro atoms. The van der Waals surface area contributed by atoms with E-state index in [0.29, 0.717) is 42.5 Å². The summed E-state index contributed by atoms with van der Waals surface area (Å²) in [6.07, 6.45) is 0. The van der Waals surface area contributed by atoms with Gasteiger partial charge < -0.3 is 19.3 Å². The lowest BCUT2D eigenvalue weighted by Crippen LogP contribution is -2.48. The second-order valence-electron chi connectivity index (χ2n) is 9.41. The van der Waals surface area contributed by atoms with Gasteiger partial charge in [0, 0.05) is 37.9 Å². The Hall–Kier alpha value is -3.76. The summed E-state index contributed by atoms with van der Waals surface area (Å²) in [6.45, 7) is 4.48. The number of aryl methyl sites for hydroxylation is 1. The van der Waals surface area contributed by atoms with Gasteiger partial charge in [-0.25, -0.2) is 8.42 Å². The van der Waals surface area contributed by atoms with Crippen LogP contribution in [-0.4, -0.2) is 66.7 Å². The maximum Gasteiger partial charge on any atom is 0.267 e. The third kappa shape index (κ3) is 5.14. The summed E-state index contributed by atoms with van der Waals surface area (Å²) in [6, 6.07) is 20.3. The molecule has 4 aromatic rings. The van der Waals surface area contributed by atoms with E-state index in [1.165, 1.54) is 29.8 Å². The highest BCUT2D eigenvalue weighted by Gasteiger charge is 2.27. The molecule has 0 atom stereocenters. The van der Waals surface area contributed by atoms with E-state index in [2.05, 4.69) is 4.90 Å². The summed E-state index contributed by atoms with van der Waals surface area (Å²) in [4.78, 5) is 18.2. The summed E-state index contributed by atoms with van der Waals surface area (Å²) < 4.78 is 39.9. The van der Waals surface area contributed by atoms with Crippen molar-refractivity contribution in [2.24, 2.45) is 0 Å². The first-order valence-corrected chi connectivity index (χ1v) is 14.8. The van der Waals surface area contributed by atoms with E-state index < -0.39 is 10.0 Å². The van der Waals surface area contributed by atoms with E-state index in [9.17, 15) is 13.2 Å². The highest BCUT2D eigenvalue weighted by Crippen LogP contribution is 2.34. The van der Waals surface area contributed by atoms with E-state index in [1.54, 1.807) is 25.3 Å². The zero-order valence-corrected chi connectivity index (χ0v) is 24.0. The molecule has 0 aliphatic carbocycles. The van der Waals surface area contributed by atoms with Crippen molar-refractivity contribution in [3.63, 3.8) is 0 Å². The van der Waals surface area contributed by atoms with Gasteiger partial charge in [0.25, 0.3) is 15.9 Å². The molecule has 0 bridgehead atoms. The van der Waals surface area contributed by atoms with Gasteiger partial charge in [-0.05, 0) is 66.4 Å². The Kier molecular flexibility index (Phi) is 7.42. The summed E-state index contributed by atoms with van der Waals surface area (Å²) in [7, 11) is 0.784. The normalized spacial score (nSPS) is 13.9. The fourth-order valence-electron chi connectivity index (χ4n) is 4.80. The van der Waals surface area contributed by atoms with E-state index in [1.807, 2.05) is 60.4 Å². The molecular weight excluding hydrogens is 534 g/mol. The van der Waals surface area contributed by atoms with Crippen molar-refractivity contribution in [3.8, 4) is 11.5 Å². The predicted molar refractivity (Wildman–Crippen MR) is 156 cm³/mol. The molecule has 39 heavy (non-hydrogen) atoms. The van der Waals surface area contributed by atoms with Crippen molar-refractivity contribution in [1.29, 1.82) is 0 Å². The molecule has 8 nitrogen and oxygen atoms in total. The molecular formula is C29H31N3O5S2. The smallest absolute Gasteiger partial charge is 0.267 e. The quantitative estimate of drug-likeness (QED) is 0.313. The van der Waals surface area contributed by atoms with Gasteiger partial charge in [-0.2, -0.15) is 0 Å². The molecule has 1 aromatic heterocycles. The van der Waals surface area contributed by atoms with Crippen LogP contribution >= 0.6 is 11.3 Å². The number of rotatable bonds is 7. The fraction of sp³-hybridized carbons (Fsp3) is 0.276. The zero-order chi connectivity index (χ0) is 27.7. The molecule has 1 fully saturated rings. The second-order valence-corrected chi connectivity index (χ2v) is 12.4. The van der Waals surface area contributed by atoms with Crippen LogP contribution in [0.3, 0.4) is 0 Å². The van der Waals surface area contributed by atoms with E-state index in [-0.39, 0.29) is 10.8 Å². The first kappa shape index (κ1) is 26.8. The predicted octanol–water partition coefficient (Wildman–Crippen LogP) is 5.01. The lowest BCUT2D eigenvalue weighted by atomic mass is 10.2. The number of ether oxygens (including phenoxy) is 2. The molecule has 0 unspecified atom stereocenters. The lowest BCUT2D eigenvalue weighted by Gasteiger charge is -2.36. The molecule has 1 aliphatic heterocycles. The highest BCUT2D eigenvalue weighted by molar-refractivity contribution is 7.93. The van der Waals surface area contributed by atoms with Gasteiger partial charge in [0.15, 0.2) is 0 Å². The number of nitrogens with zero attached hydrogens (tertiary/aromatic N) is 3. The second kappa shape index (κ2) is 10.8. The van der Waals surface area contributed by atoms with Crippen LogP contribution in [0.1, 0.15) is 15.2 Å². The Labute approximate surface area is 233 Å². The van der Waals surface area contributed by atoms with E-state index >= 15 is 0 Å². The van der Waals surface area contributed by atoms with Crippen LogP contribution < -0.4 is 18.7 Å². The van der Waals surface area contributed by atoms with Gasteiger partial charge in [0.05, 0.1) is 30.5 Å². The van der Waals surface area contributed by atoms with E-state index in [0.717, 1.165) is 27.1 Å². The first-order chi connectivity index (χ1) is 18.7. The molecule has 0 saturated carbocycles. The van der Waals surface area contributed by atoms with Crippen molar-refractivity contribution >= 4 is 48.7 Å². The van der Waals surface area contributed by atoms with Crippen molar-refractivity contribution in [2.45, 2.75) is 11.8 Å². The minimum Gasteiger partial charge on any atom is -0.495 e. The number of carbonyl (C=O) groups excluding carboxylic acids is 1. The van der Waals surface area contributed by atoms with Crippen molar-refractivity contribution in [3.05, 3.63) is 77.2 Å². The third-order valence-corrected chi connectivity index (χ3v) is 9.94. The van der Waals surface area contributed by atoms with Crippen LogP contribution in [0.25, 0.3) is 10.1 Å². The van der Waals surface area contributed by atoms with Crippen molar-refractivity contribution < 1.29 is 22.7 Å². The van der Waals surface area contributed by atoms with Crippen LogP contribution in [0.5, 0.6) is 11.5 Å². The maximum atomic E-state index is 13.5. The Balaban J connectivity index is 1.34. The third-order valence-electron chi connectivity index (χ3n) is 7.02. The van der Waals surface area contributed by atoms with Crippen molar-refractivity contribution in [2.75, 3.05) is 56.7 Å². The number of amides is 1. The Morgan fingerprint density at radius 2 is 1.62 bits per heavy atom. The molecule has 1 amide bonds. The molecule has 1 saturated heterocycles. The number of para-hydroxylation sites is 2. The van der Waals surface area contributed by atoms with Gasteiger partial charge >= 0.3 is 0 Å².